The van der Waals surface area contributed by atoms with Crippen molar-refractivity contribution in [3.63, 3.8) is 0 Å². The molecule has 1 atom stereocenters. The number of thiophene rings is 1. The molecule has 0 aliphatic carbocycles. The van der Waals surface area contributed by atoms with Crippen molar-refractivity contribution < 1.29 is 13.3 Å². The Bertz CT molecular complexity index is 765. The summed E-state index contributed by atoms with van der Waals surface area (Å²) in [6.07, 6.45) is 0.446. The van der Waals surface area contributed by atoms with Crippen LogP contribution in [-0.4, -0.2) is 26.8 Å². The minimum atomic E-state index is -3.52. The number of rotatable bonds is 4. The fourth-order valence-electron chi connectivity index (χ4n) is 2.12. The molecule has 106 valence electrons. The first kappa shape index (κ1) is 13.5. The molecule has 0 radical (unpaired) electrons. The zero-order valence-electron chi connectivity index (χ0n) is 10.9. The van der Waals surface area contributed by atoms with Crippen LogP contribution in [0, 0.1) is 0 Å². The lowest BCUT2D eigenvalue weighted by atomic mass is 10.2. The molecule has 7 heteroatoms. The Morgan fingerprint density at radius 3 is 3.00 bits per heavy atom. The van der Waals surface area contributed by atoms with Crippen LogP contribution in [0.15, 0.2) is 39.7 Å². The van der Waals surface area contributed by atoms with Gasteiger partial charge in [-0.1, -0.05) is 23.4 Å². The van der Waals surface area contributed by atoms with Crippen LogP contribution in [0.1, 0.15) is 13.3 Å². The largest absolute Gasteiger partial charge is 0.391 e. The number of sulfonamides is 1. The Morgan fingerprint density at radius 1 is 1.45 bits per heavy atom. The van der Waals surface area contributed by atoms with Gasteiger partial charge in [0.05, 0.1) is 12.3 Å². The van der Waals surface area contributed by atoms with E-state index >= 15 is 0 Å². The third-order valence-corrected chi connectivity index (χ3v) is 5.69. The minimum Gasteiger partial charge on any atom is -0.391 e. The molecule has 3 rings (SSSR count). The predicted molar refractivity (Wildman–Crippen MR) is 79.6 cm³/mol. The molecule has 0 bridgehead atoms. The van der Waals surface area contributed by atoms with E-state index in [2.05, 4.69) is 9.88 Å². The van der Waals surface area contributed by atoms with Crippen LogP contribution in [0.4, 0.5) is 0 Å². The molecule has 0 amide bonds. The average Bonchev–Trinajstić information content (AvgIpc) is 3.03. The van der Waals surface area contributed by atoms with Crippen LogP contribution in [0.5, 0.6) is 0 Å². The van der Waals surface area contributed by atoms with E-state index in [4.69, 9.17) is 4.84 Å². The lowest BCUT2D eigenvalue weighted by molar-refractivity contribution is 0.0891. The number of nitrogens with one attached hydrogen (secondary N) is 1. The predicted octanol–water partition coefficient (Wildman–Crippen LogP) is 2.34. The Labute approximate surface area is 121 Å². The number of oxime groups is 1. The number of benzene rings is 1. The van der Waals surface area contributed by atoms with Gasteiger partial charge in [0.1, 0.15) is 11.0 Å². The van der Waals surface area contributed by atoms with Gasteiger partial charge in [0.15, 0.2) is 0 Å². The van der Waals surface area contributed by atoms with Gasteiger partial charge in [0.2, 0.25) is 10.0 Å². The van der Waals surface area contributed by atoms with Crippen molar-refractivity contribution in [2.75, 3.05) is 6.54 Å². The highest BCUT2D eigenvalue weighted by Crippen LogP contribution is 2.29. The van der Waals surface area contributed by atoms with Gasteiger partial charge in [0.25, 0.3) is 0 Å². The van der Waals surface area contributed by atoms with E-state index in [1.54, 1.807) is 5.38 Å². The molecule has 1 aromatic heterocycles. The molecule has 1 aromatic carbocycles. The fourth-order valence-corrected chi connectivity index (χ4v) is 4.69. The summed E-state index contributed by atoms with van der Waals surface area (Å²) in [4.78, 5) is 5.46. The molecule has 2 aromatic rings. The van der Waals surface area contributed by atoms with Crippen molar-refractivity contribution in [2.24, 2.45) is 5.16 Å². The van der Waals surface area contributed by atoms with Gasteiger partial charge < -0.3 is 4.84 Å². The van der Waals surface area contributed by atoms with Gasteiger partial charge in [-0.15, -0.1) is 11.3 Å². The van der Waals surface area contributed by atoms with Crippen LogP contribution in [0.2, 0.25) is 0 Å². The minimum absolute atomic E-state index is 0.213. The van der Waals surface area contributed by atoms with E-state index in [9.17, 15) is 8.42 Å². The van der Waals surface area contributed by atoms with Crippen molar-refractivity contribution >= 4 is 37.2 Å². The lowest BCUT2D eigenvalue weighted by Crippen LogP contribution is -2.32. The quantitative estimate of drug-likeness (QED) is 0.942. The summed E-state index contributed by atoms with van der Waals surface area (Å²) in [6, 6.07) is 7.47. The monoisotopic (exact) mass is 310 g/mol. The number of nitrogens with zero attached hydrogens (tertiary/aromatic N) is 1. The van der Waals surface area contributed by atoms with Crippen molar-refractivity contribution in [1.82, 2.24) is 4.72 Å². The van der Waals surface area contributed by atoms with Crippen LogP contribution in [0.3, 0.4) is 0 Å². The summed E-state index contributed by atoms with van der Waals surface area (Å²) in [5.74, 6) is 0. The van der Waals surface area contributed by atoms with E-state index in [1.165, 1.54) is 11.3 Å². The molecule has 0 saturated heterocycles. The van der Waals surface area contributed by atoms with Gasteiger partial charge in [-0.05, 0) is 13.0 Å². The van der Waals surface area contributed by atoms with Crippen LogP contribution in [-0.2, 0) is 14.9 Å². The van der Waals surface area contributed by atoms with E-state index in [0.29, 0.717) is 11.3 Å². The molecular formula is C13H14N2O3S2. The van der Waals surface area contributed by atoms with Crippen molar-refractivity contribution in [1.29, 1.82) is 0 Å². The first-order valence-electron chi connectivity index (χ1n) is 6.21. The van der Waals surface area contributed by atoms with Crippen LogP contribution >= 0.6 is 11.3 Å². The Kier molecular flexibility index (Phi) is 3.49. The van der Waals surface area contributed by atoms with Crippen molar-refractivity contribution in [3.05, 3.63) is 29.6 Å². The van der Waals surface area contributed by atoms with Gasteiger partial charge >= 0.3 is 0 Å². The molecule has 5 nitrogen and oxygen atoms in total. The van der Waals surface area contributed by atoms with Crippen LogP contribution in [0.25, 0.3) is 10.1 Å². The molecule has 20 heavy (non-hydrogen) atoms. The smallest absolute Gasteiger partial charge is 0.242 e. The van der Waals surface area contributed by atoms with Crippen molar-refractivity contribution in [3.8, 4) is 0 Å². The number of fused-ring (bicyclic) bond motifs is 1. The third-order valence-electron chi connectivity index (χ3n) is 3.12. The second-order valence-electron chi connectivity index (χ2n) is 4.71. The summed E-state index contributed by atoms with van der Waals surface area (Å²) in [5.41, 5.74) is 0.884. The highest BCUT2D eigenvalue weighted by atomic mass is 32.2. The van der Waals surface area contributed by atoms with Crippen molar-refractivity contribution in [2.45, 2.75) is 24.3 Å². The van der Waals surface area contributed by atoms with E-state index in [1.807, 2.05) is 31.2 Å². The first-order chi connectivity index (χ1) is 9.56. The molecule has 1 N–H and O–H groups in total. The third kappa shape index (κ3) is 2.56. The van der Waals surface area contributed by atoms with E-state index < -0.39 is 10.0 Å². The summed E-state index contributed by atoms with van der Waals surface area (Å²) < 4.78 is 28.3. The first-order valence-corrected chi connectivity index (χ1v) is 8.58. The Hall–Kier alpha value is -1.44. The Morgan fingerprint density at radius 2 is 2.25 bits per heavy atom. The maximum absolute atomic E-state index is 12.3. The summed E-state index contributed by atoms with van der Waals surface area (Å²) >= 11 is 1.43. The number of hydrogen-bond donors (Lipinski definition) is 1. The molecule has 0 fully saturated rings. The maximum Gasteiger partial charge on any atom is 0.242 e. The Balaban J connectivity index is 1.78. The maximum atomic E-state index is 12.3. The normalized spacial score (nSPS) is 19.1. The molecule has 0 spiro atoms. The second kappa shape index (κ2) is 5.16. The highest BCUT2D eigenvalue weighted by molar-refractivity contribution is 7.90. The zero-order chi connectivity index (χ0) is 14.2. The summed E-state index contributed by atoms with van der Waals surface area (Å²) in [6.45, 7) is 2.09. The molecule has 0 saturated carbocycles. The molecule has 1 aliphatic rings. The summed E-state index contributed by atoms with van der Waals surface area (Å²) in [7, 11) is -3.52. The van der Waals surface area contributed by atoms with Crippen LogP contribution < -0.4 is 4.72 Å². The SMILES string of the molecule is CC1=NO[C@H](CNS(=O)(=O)c2csc3ccccc23)C1. The fraction of sp³-hybridized carbons (Fsp3) is 0.308. The standard InChI is InChI=1S/C13H14N2O3S2/c1-9-6-10(18-15-9)7-14-20(16,17)13-8-19-12-5-3-2-4-11(12)13/h2-5,8,10,14H,6-7H2,1H3/t10-/m0/s1. The summed E-state index contributed by atoms with van der Waals surface area (Å²) in [5, 5.41) is 6.24. The topological polar surface area (TPSA) is 67.8 Å². The zero-order valence-corrected chi connectivity index (χ0v) is 12.5. The highest BCUT2D eigenvalue weighted by Gasteiger charge is 2.23. The number of hydrogen-bond acceptors (Lipinski definition) is 5. The average molecular weight is 310 g/mol. The molecular weight excluding hydrogens is 296 g/mol. The molecule has 2 heterocycles. The van der Waals surface area contributed by atoms with Gasteiger partial charge in [0, 0.05) is 21.9 Å². The van der Waals surface area contributed by atoms with Gasteiger partial charge in [-0.3, -0.25) is 0 Å². The van der Waals surface area contributed by atoms with E-state index in [-0.39, 0.29) is 12.6 Å². The lowest BCUT2D eigenvalue weighted by Gasteiger charge is -2.10. The second-order valence-corrected chi connectivity index (χ2v) is 7.35. The molecule has 1 aliphatic heterocycles. The van der Waals surface area contributed by atoms with Gasteiger partial charge in [-0.2, -0.15) is 0 Å². The van der Waals surface area contributed by atoms with E-state index in [0.717, 1.165) is 15.8 Å². The van der Waals surface area contributed by atoms with Gasteiger partial charge in [-0.25, -0.2) is 13.1 Å². The molecule has 0 unspecified atom stereocenters.